The average Bonchev–Trinajstić information content (AvgIpc) is 3.66. The Bertz CT molecular complexity index is 1910. The van der Waals surface area contributed by atoms with Crippen LogP contribution in [0, 0.1) is 0 Å². The van der Waals surface area contributed by atoms with Gasteiger partial charge in [0.15, 0.2) is 5.82 Å². The van der Waals surface area contributed by atoms with E-state index in [4.69, 9.17) is 14.2 Å². The van der Waals surface area contributed by atoms with Crippen LogP contribution in [-0.4, -0.2) is 53.3 Å². The van der Waals surface area contributed by atoms with Crippen molar-refractivity contribution in [2.24, 2.45) is 0 Å². The summed E-state index contributed by atoms with van der Waals surface area (Å²) in [6, 6.07) is 18.9. The fourth-order valence-electron chi connectivity index (χ4n) is 5.63. The Hall–Kier alpha value is -5.19. The molecule has 4 heterocycles. The van der Waals surface area contributed by atoms with Gasteiger partial charge in [0.05, 0.1) is 29.7 Å². The fourth-order valence-corrected chi connectivity index (χ4v) is 5.63. The molecular formula is C34H33N7O4. The third kappa shape index (κ3) is 5.85. The molecule has 5 aromatic rings. The Morgan fingerprint density at radius 3 is 2.51 bits per heavy atom. The summed E-state index contributed by atoms with van der Waals surface area (Å²) in [5.74, 6) is 2.42. The summed E-state index contributed by atoms with van der Waals surface area (Å²) in [7, 11) is 0. The third-order valence-corrected chi connectivity index (χ3v) is 8.44. The van der Waals surface area contributed by atoms with Gasteiger partial charge in [-0.05, 0) is 67.3 Å². The SMILES string of the molecule is CC(C)c1ccc(-c2ccc(Oc3cc(-c4nc(C5(C)CC(=O)N(C6CC6)C5)no4)ccc3Cn3cnccc3=O)cc2)nn1. The molecule has 0 N–H and O–H groups in total. The summed E-state index contributed by atoms with van der Waals surface area (Å²) < 4.78 is 13.6. The summed E-state index contributed by atoms with van der Waals surface area (Å²) >= 11 is 0. The molecule has 1 aliphatic carbocycles. The quantitative estimate of drug-likeness (QED) is 0.218. The van der Waals surface area contributed by atoms with Crippen molar-refractivity contribution < 1.29 is 14.1 Å². The molecule has 2 fully saturated rings. The molecule has 1 unspecified atom stereocenters. The number of likely N-dealkylation sites (tertiary alicyclic amines) is 1. The topological polar surface area (TPSA) is 129 Å². The van der Waals surface area contributed by atoms with E-state index in [-0.39, 0.29) is 18.0 Å². The van der Waals surface area contributed by atoms with Crippen LogP contribution in [0.5, 0.6) is 11.5 Å². The molecule has 228 valence electrons. The molecule has 11 heteroatoms. The summed E-state index contributed by atoms with van der Waals surface area (Å²) in [6.07, 6.45) is 5.44. The predicted molar refractivity (Wildman–Crippen MR) is 166 cm³/mol. The van der Waals surface area contributed by atoms with Gasteiger partial charge < -0.3 is 14.2 Å². The molecule has 45 heavy (non-hydrogen) atoms. The Labute approximate surface area is 259 Å². The largest absolute Gasteiger partial charge is 0.457 e. The van der Waals surface area contributed by atoms with Gasteiger partial charge in [-0.2, -0.15) is 15.2 Å². The van der Waals surface area contributed by atoms with Gasteiger partial charge in [0.1, 0.15) is 11.5 Å². The van der Waals surface area contributed by atoms with Crippen LogP contribution in [-0.2, 0) is 16.8 Å². The zero-order valence-electron chi connectivity index (χ0n) is 25.4. The monoisotopic (exact) mass is 603 g/mol. The van der Waals surface area contributed by atoms with E-state index in [0.29, 0.717) is 53.7 Å². The van der Waals surface area contributed by atoms with Crippen LogP contribution in [0.4, 0.5) is 0 Å². The Morgan fingerprint density at radius 2 is 1.80 bits per heavy atom. The predicted octanol–water partition coefficient (Wildman–Crippen LogP) is 5.37. The first-order chi connectivity index (χ1) is 21.8. The van der Waals surface area contributed by atoms with Gasteiger partial charge in [-0.25, -0.2) is 4.98 Å². The van der Waals surface area contributed by atoms with Crippen molar-refractivity contribution in [1.82, 2.24) is 34.8 Å². The number of ether oxygens (including phenoxy) is 1. The maximum absolute atomic E-state index is 12.7. The molecule has 0 radical (unpaired) electrons. The molecule has 1 amide bonds. The van der Waals surface area contributed by atoms with Crippen molar-refractivity contribution in [2.75, 3.05) is 6.54 Å². The normalized spacial score (nSPS) is 18.1. The summed E-state index contributed by atoms with van der Waals surface area (Å²) in [4.78, 5) is 35.9. The highest BCUT2D eigenvalue weighted by atomic mass is 16.5. The number of hydrogen-bond acceptors (Lipinski definition) is 9. The molecule has 3 aromatic heterocycles. The minimum Gasteiger partial charge on any atom is -0.457 e. The molecule has 0 bridgehead atoms. The van der Waals surface area contributed by atoms with E-state index in [9.17, 15) is 9.59 Å². The van der Waals surface area contributed by atoms with Gasteiger partial charge in [0, 0.05) is 48.0 Å². The van der Waals surface area contributed by atoms with E-state index in [2.05, 4.69) is 34.2 Å². The average molecular weight is 604 g/mol. The summed E-state index contributed by atoms with van der Waals surface area (Å²) in [5.41, 5.74) is 3.38. The van der Waals surface area contributed by atoms with Gasteiger partial charge in [-0.1, -0.05) is 32.0 Å². The first kappa shape index (κ1) is 28.6. The van der Waals surface area contributed by atoms with Crippen LogP contribution in [0.3, 0.4) is 0 Å². The van der Waals surface area contributed by atoms with Crippen LogP contribution in [0.2, 0.25) is 0 Å². The molecule has 7 rings (SSSR count). The van der Waals surface area contributed by atoms with E-state index >= 15 is 0 Å². The van der Waals surface area contributed by atoms with E-state index in [1.807, 2.05) is 66.4 Å². The van der Waals surface area contributed by atoms with Crippen molar-refractivity contribution in [2.45, 2.75) is 64.0 Å². The molecule has 1 aliphatic heterocycles. The van der Waals surface area contributed by atoms with Gasteiger partial charge in [-0.15, -0.1) is 0 Å². The Morgan fingerprint density at radius 1 is 1.00 bits per heavy atom. The maximum atomic E-state index is 12.7. The number of carbonyl (C=O) groups excluding carboxylic acids is 1. The molecule has 1 saturated heterocycles. The first-order valence-electron chi connectivity index (χ1n) is 15.1. The first-order valence-corrected chi connectivity index (χ1v) is 15.1. The Kier molecular flexibility index (Phi) is 7.23. The van der Waals surface area contributed by atoms with Crippen LogP contribution < -0.4 is 10.3 Å². The second-order valence-electron chi connectivity index (χ2n) is 12.4. The zero-order chi connectivity index (χ0) is 31.1. The second-order valence-corrected chi connectivity index (χ2v) is 12.4. The van der Waals surface area contributed by atoms with Crippen molar-refractivity contribution in [3.05, 3.63) is 101 Å². The van der Waals surface area contributed by atoms with Crippen molar-refractivity contribution in [1.29, 1.82) is 0 Å². The highest BCUT2D eigenvalue weighted by molar-refractivity contribution is 5.81. The zero-order valence-corrected chi connectivity index (χ0v) is 25.4. The molecule has 2 aliphatic rings. The van der Waals surface area contributed by atoms with Gasteiger partial charge in [0.25, 0.3) is 11.4 Å². The Balaban J connectivity index is 1.17. The molecule has 0 spiro atoms. The number of benzene rings is 2. The lowest BCUT2D eigenvalue weighted by Crippen LogP contribution is -2.31. The number of rotatable bonds is 9. The van der Waals surface area contributed by atoms with E-state index < -0.39 is 5.41 Å². The maximum Gasteiger partial charge on any atom is 0.258 e. The number of carbonyl (C=O) groups is 1. The number of nitrogens with zero attached hydrogens (tertiary/aromatic N) is 7. The van der Waals surface area contributed by atoms with Gasteiger partial charge in [-0.3, -0.25) is 14.2 Å². The fraction of sp³-hybridized carbons (Fsp3) is 0.324. The van der Waals surface area contributed by atoms with Crippen LogP contribution in [0.15, 0.2) is 82.5 Å². The number of amides is 1. The van der Waals surface area contributed by atoms with Crippen molar-refractivity contribution >= 4 is 5.91 Å². The van der Waals surface area contributed by atoms with Crippen molar-refractivity contribution in [3.8, 4) is 34.2 Å². The van der Waals surface area contributed by atoms with Crippen LogP contribution >= 0.6 is 0 Å². The minimum atomic E-state index is -0.511. The summed E-state index contributed by atoms with van der Waals surface area (Å²) in [6.45, 7) is 7.03. The van der Waals surface area contributed by atoms with Gasteiger partial charge in [0.2, 0.25) is 5.91 Å². The van der Waals surface area contributed by atoms with E-state index in [0.717, 1.165) is 35.4 Å². The minimum absolute atomic E-state index is 0.141. The van der Waals surface area contributed by atoms with E-state index in [1.54, 1.807) is 0 Å². The lowest BCUT2D eigenvalue weighted by atomic mass is 9.89. The molecular weight excluding hydrogens is 570 g/mol. The second kappa shape index (κ2) is 11.4. The number of aromatic nitrogens is 6. The van der Waals surface area contributed by atoms with Gasteiger partial charge >= 0.3 is 0 Å². The highest BCUT2D eigenvalue weighted by Gasteiger charge is 2.48. The standard InChI is InChI=1S/C34H33N7O4/c1-21(2)27-12-13-28(38-37-27)22-6-10-26(11-7-22)44-29-16-23(4-5-24(29)18-40-20-35-15-14-30(40)42)32-36-33(39-45-32)34(3)17-31(43)41(19-34)25-8-9-25/h4-7,10-16,20-21,25H,8-9,17-19H2,1-3H3. The van der Waals surface area contributed by atoms with E-state index in [1.165, 1.54) is 23.2 Å². The van der Waals surface area contributed by atoms with Crippen molar-refractivity contribution in [3.63, 3.8) is 0 Å². The molecule has 1 saturated carbocycles. The van der Waals surface area contributed by atoms with Crippen LogP contribution in [0.1, 0.15) is 63.0 Å². The lowest BCUT2D eigenvalue weighted by Gasteiger charge is -2.20. The summed E-state index contributed by atoms with van der Waals surface area (Å²) in [5, 5.41) is 13.0. The molecule has 2 aromatic carbocycles. The third-order valence-electron chi connectivity index (χ3n) is 8.44. The molecule has 11 nitrogen and oxygen atoms in total. The number of hydrogen-bond donors (Lipinski definition) is 0. The highest BCUT2D eigenvalue weighted by Crippen LogP contribution is 2.40. The smallest absolute Gasteiger partial charge is 0.258 e. The van der Waals surface area contributed by atoms with Crippen LogP contribution in [0.25, 0.3) is 22.7 Å². The molecule has 1 atom stereocenters. The lowest BCUT2D eigenvalue weighted by molar-refractivity contribution is -0.128.